The number of anilines is 2. The van der Waals surface area contributed by atoms with Crippen LogP contribution in [0.15, 0.2) is 42.2 Å². The van der Waals surface area contributed by atoms with E-state index in [9.17, 15) is 19.8 Å². The molecule has 0 unspecified atom stereocenters. The molecule has 202 valence electrons. The molecule has 0 amide bonds. The maximum atomic E-state index is 11.7. The molecule has 0 radical (unpaired) electrons. The van der Waals surface area contributed by atoms with Crippen LogP contribution in [0.1, 0.15) is 19.7 Å². The number of carboxylic acids is 2. The summed E-state index contributed by atoms with van der Waals surface area (Å²) in [5.41, 5.74) is 2.74. The zero-order valence-electron chi connectivity index (χ0n) is 20.3. The van der Waals surface area contributed by atoms with E-state index >= 15 is 0 Å². The van der Waals surface area contributed by atoms with Gasteiger partial charge in [0.2, 0.25) is 0 Å². The molecular weight excluding hydrogens is 598 g/mol. The number of nitrogens with zero attached hydrogens (tertiary/aromatic N) is 4. The third-order valence-corrected chi connectivity index (χ3v) is 7.46. The average Bonchev–Trinajstić information content (AvgIpc) is 3.25. The van der Waals surface area contributed by atoms with Gasteiger partial charge >= 0.3 is 11.9 Å². The number of fused-ring (bicyclic) bond motifs is 2. The second-order valence-corrected chi connectivity index (χ2v) is 9.83. The number of halogens is 5. The number of hydrogen-bond donors (Lipinski definition) is 2. The van der Waals surface area contributed by atoms with Crippen molar-refractivity contribution in [1.29, 1.82) is 0 Å². The van der Waals surface area contributed by atoms with Gasteiger partial charge in [-0.3, -0.25) is 4.79 Å². The number of hydrogen-bond acceptors (Lipinski definition) is 4. The Kier molecular flexibility index (Phi) is 9.49. The molecule has 0 spiro atoms. The van der Waals surface area contributed by atoms with Gasteiger partial charge in [0.15, 0.2) is 17.6 Å². The molecule has 0 saturated heterocycles. The molecule has 2 aromatic carbocycles. The Balaban J connectivity index is 0.00000400. The topological polar surface area (TPSA) is 89.9 Å². The van der Waals surface area contributed by atoms with Gasteiger partial charge < -0.3 is 32.4 Å². The van der Waals surface area contributed by atoms with Crippen molar-refractivity contribution >= 4 is 86.8 Å². The van der Waals surface area contributed by atoms with E-state index in [0.29, 0.717) is 56.0 Å². The Labute approximate surface area is 245 Å². The number of aromatic nitrogens is 2. The Morgan fingerprint density at radius 1 is 0.868 bits per heavy atom. The van der Waals surface area contributed by atoms with Crippen LogP contribution in [0, 0.1) is 0 Å². The fourth-order valence-corrected chi connectivity index (χ4v) is 5.18. The van der Waals surface area contributed by atoms with E-state index < -0.39 is 11.9 Å². The summed E-state index contributed by atoms with van der Waals surface area (Å²) in [6.07, 6.45) is 5.30. The van der Waals surface area contributed by atoms with E-state index in [1.807, 2.05) is 23.3 Å². The van der Waals surface area contributed by atoms with Gasteiger partial charge in [-0.05, 0) is 32.1 Å². The number of carbonyl (C=O) groups is 2. The molecule has 0 bridgehead atoms. The van der Waals surface area contributed by atoms with Crippen molar-refractivity contribution in [3.05, 3.63) is 68.2 Å². The van der Waals surface area contributed by atoms with Gasteiger partial charge in [0.1, 0.15) is 12.4 Å². The van der Waals surface area contributed by atoms with Gasteiger partial charge in [-0.2, -0.15) is 0 Å². The average molecular weight is 621 g/mol. The fourth-order valence-electron chi connectivity index (χ4n) is 4.55. The standard InChI is InChI=1S/C25H22Cl4N4O4.ClH/c1-3-30-18-8-14(26)16(28)10-20(18)32(12-24(34)35)22(30)6-5-7-23-31(4-2)19-9-15(27)17(29)11-21(19)33(23)13-25(36)37;/h5-11H,3-4,12-13H2,1-2H3,(H-,34,35,36,37);1H. The fraction of sp³-hybridized carbons (Fsp3) is 0.240. The van der Waals surface area contributed by atoms with Crippen LogP contribution < -0.4 is 26.8 Å². The SMILES string of the molecule is CCN1/C(=C\C=C\c2n(CC)c3cc(Cl)c(Cl)cc3[n+]2CC(=O)O)N(CC(=O)O)c2cc(Cl)c(Cl)cc21.[Cl-]. The Bertz CT molecular complexity index is 1480. The van der Waals surface area contributed by atoms with Crippen LogP contribution in [0.3, 0.4) is 0 Å². The Morgan fingerprint density at radius 3 is 2.00 bits per heavy atom. The molecule has 0 fully saturated rings. The highest BCUT2D eigenvalue weighted by Gasteiger charge is 2.32. The van der Waals surface area contributed by atoms with Crippen molar-refractivity contribution in [2.75, 3.05) is 22.9 Å². The highest BCUT2D eigenvalue weighted by molar-refractivity contribution is 6.43. The molecule has 8 nitrogen and oxygen atoms in total. The van der Waals surface area contributed by atoms with Crippen molar-refractivity contribution in [3.63, 3.8) is 0 Å². The molecule has 0 atom stereocenters. The lowest BCUT2D eigenvalue weighted by Gasteiger charge is -2.22. The summed E-state index contributed by atoms with van der Waals surface area (Å²) in [4.78, 5) is 27.0. The molecule has 0 saturated carbocycles. The zero-order valence-corrected chi connectivity index (χ0v) is 24.0. The van der Waals surface area contributed by atoms with Gasteiger partial charge in [-0.25, -0.2) is 13.9 Å². The van der Waals surface area contributed by atoms with Crippen LogP contribution in [0.4, 0.5) is 11.4 Å². The summed E-state index contributed by atoms with van der Waals surface area (Å²) < 4.78 is 3.58. The molecular formula is C25H23Cl5N4O4. The summed E-state index contributed by atoms with van der Waals surface area (Å²) in [5.74, 6) is -0.790. The third-order valence-electron chi connectivity index (χ3n) is 6.01. The van der Waals surface area contributed by atoms with Crippen LogP contribution in [0.5, 0.6) is 0 Å². The molecule has 38 heavy (non-hydrogen) atoms. The van der Waals surface area contributed by atoms with E-state index in [4.69, 9.17) is 46.4 Å². The summed E-state index contributed by atoms with van der Waals surface area (Å²) in [5, 5.41) is 20.5. The van der Waals surface area contributed by atoms with Gasteiger partial charge in [0.05, 0.1) is 38.0 Å². The van der Waals surface area contributed by atoms with Gasteiger partial charge in [-0.15, -0.1) is 0 Å². The second kappa shape index (κ2) is 12.1. The Hall–Kier alpha value is -2.62. The molecule has 3 aromatic rings. The van der Waals surface area contributed by atoms with Crippen molar-refractivity contribution in [1.82, 2.24) is 4.57 Å². The number of aryl methyl sites for hydroxylation is 1. The highest BCUT2D eigenvalue weighted by atomic mass is 35.5. The number of benzene rings is 2. The molecule has 13 heteroatoms. The number of rotatable bonds is 8. The molecule has 2 N–H and O–H groups in total. The predicted octanol–water partition coefficient (Wildman–Crippen LogP) is 2.94. The first kappa shape index (κ1) is 29.9. The first-order valence-electron chi connectivity index (χ1n) is 11.3. The highest BCUT2D eigenvalue weighted by Crippen LogP contribution is 2.45. The van der Waals surface area contributed by atoms with Crippen LogP contribution in [0.2, 0.25) is 20.1 Å². The molecule has 4 rings (SSSR count). The normalized spacial score (nSPS) is 14.0. The minimum absolute atomic E-state index is 0. The summed E-state index contributed by atoms with van der Waals surface area (Å²) in [6.45, 7) is 4.41. The molecule has 1 aliphatic heterocycles. The maximum absolute atomic E-state index is 11.7. The quantitative estimate of drug-likeness (QED) is 0.377. The molecule has 0 aliphatic carbocycles. The summed E-state index contributed by atoms with van der Waals surface area (Å²) in [7, 11) is 0. The maximum Gasteiger partial charge on any atom is 0.346 e. The lowest BCUT2D eigenvalue weighted by atomic mass is 10.2. The molecule has 1 aliphatic rings. The van der Waals surface area contributed by atoms with Crippen LogP contribution in [-0.4, -0.2) is 39.8 Å². The van der Waals surface area contributed by atoms with E-state index in [2.05, 4.69) is 0 Å². The summed E-state index contributed by atoms with van der Waals surface area (Å²) in [6, 6.07) is 6.73. The minimum Gasteiger partial charge on any atom is -1.00 e. The van der Waals surface area contributed by atoms with Gasteiger partial charge in [-0.1, -0.05) is 52.5 Å². The van der Waals surface area contributed by atoms with Crippen LogP contribution >= 0.6 is 46.4 Å². The van der Waals surface area contributed by atoms with Crippen molar-refractivity contribution in [2.24, 2.45) is 0 Å². The monoisotopic (exact) mass is 618 g/mol. The number of allylic oxidation sites excluding steroid dienone is 2. The van der Waals surface area contributed by atoms with Crippen molar-refractivity contribution in [2.45, 2.75) is 26.9 Å². The van der Waals surface area contributed by atoms with E-state index in [1.54, 1.807) is 52.0 Å². The van der Waals surface area contributed by atoms with Crippen LogP contribution in [0.25, 0.3) is 17.1 Å². The Morgan fingerprint density at radius 2 is 1.45 bits per heavy atom. The second-order valence-electron chi connectivity index (χ2n) is 8.20. The predicted molar refractivity (Wildman–Crippen MR) is 147 cm³/mol. The minimum atomic E-state index is -1.01. The number of imidazole rings is 1. The van der Waals surface area contributed by atoms with E-state index in [0.717, 1.165) is 11.2 Å². The largest absolute Gasteiger partial charge is 1.00 e. The zero-order chi connectivity index (χ0) is 27.0. The first-order valence-corrected chi connectivity index (χ1v) is 12.9. The lowest BCUT2D eigenvalue weighted by Crippen LogP contribution is -3.00. The van der Waals surface area contributed by atoms with Gasteiger partial charge in [0, 0.05) is 24.8 Å². The lowest BCUT2D eigenvalue weighted by molar-refractivity contribution is -0.662. The first-order chi connectivity index (χ1) is 17.6. The van der Waals surface area contributed by atoms with Gasteiger partial charge in [0.25, 0.3) is 5.82 Å². The smallest absolute Gasteiger partial charge is 0.346 e. The van der Waals surface area contributed by atoms with E-state index in [1.165, 1.54) is 0 Å². The van der Waals surface area contributed by atoms with E-state index in [-0.39, 0.29) is 25.5 Å². The third kappa shape index (κ3) is 5.55. The number of aliphatic carboxylic acids is 2. The number of carboxylic acid groups (broad SMARTS) is 2. The van der Waals surface area contributed by atoms with Crippen molar-refractivity contribution in [3.8, 4) is 0 Å². The molecule has 2 heterocycles. The molecule has 1 aromatic heterocycles. The summed E-state index contributed by atoms with van der Waals surface area (Å²) >= 11 is 25.0. The van der Waals surface area contributed by atoms with Crippen LogP contribution in [-0.2, 0) is 22.7 Å². The van der Waals surface area contributed by atoms with Crippen molar-refractivity contribution < 1.29 is 36.8 Å².